The number of carboxylic acid groups (broad SMARTS) is 1. The lowest BCUT2D eigenvalue weighted by Gasteiger charge is -2.09. The van der Waals surface area contributed by atoms with Crippen molar-refractivity contribution in [3.05, 3.63) is 29.3 Å². The Balaban J connectivity index is 2.99. The standard InChI is InChI=1S/C14H16BrNO5/c1-2-21-14(20)10-6-9(13(18)19)7-11(8-10)16-12(17)4-3-5-15/h6-8H,2-5H2,1H3,(H,16,17)(H,18,19). The van der Waals surface area contributed by atoms with E-state index in [0.29, 0.717) is 18.2 Å². The van der Waals surface area contributed by atoms with Crippen LogP contribution in [-0.2, 0) is 9.53 Å². The van der Waals surface area contributed by atoms with Gasteiger partial charge >= 0.3 is 11.9 Å². The molecule has 0 aliphatic rings. The Morgan fingerprint density at radius 3 is 2.48 bits per heavy atom. The van der Waals surface area contributed by atoms with Gasteiger partial charge in [0.2, 0.25) is 5.91 Å². The maximum atomic E-state index is 11.7. The summed E-state index contributed by atoms with van der Waals surface area (Å²) in [6.07, 6.45) is 0.965. The van der Waals surface area contributed by atoms with Crippen molar-refractivity contribution in [2.24, 2.45) is 0 Å². The molecule has 1 aromatic carbocycles. The molecule has 0 radical (unpaired) electrons. The van der Waals surface area contributed by atoms with Gasteiger partial charge in [-0.2, -0.15) is 0 Å². The fourth-order valence-corrected chi connectivity index (χ4v) is 1.89. The summed E-state index contributed by atoms with van der Waals surface area (Å²) < 4.78 is 4.84. The first-order valence-electron chi connectivity index (χ1n) is 6.39. The number of carbonyl (C=O) groups excluding carboxylic acids is 2. The molecule has 0 aromatic heterocycles. The van der Waals surface area contributed by atoms with Gasteiger partial charge in [0.15, 0.2) is 0 Å². The van der Waals surface area contributed by atoms with Crippen LogP contribution in [0, 0.1) is 0 Å². The highest BCUT2D eigenvalue weighted by atomic mass is 79.9. The molecule has 2 N–H and O–H groups in total. The molecule has 21 heavy (non-hydrogen) atoms. The molecule has 0 saturated carbocycles. The molecule has 0 unspecified atom stereocenters. The monoisotopic (exact) mass is 357 g/mol. The van der Waals surface area contributed by atoms with Crippen LogP contribution in [0.25, 0.3) is 0 Å². The molecule has 0 atom stereocenters. The van der Waals surface area contributed by atoms with E-state index in [4.69, 9.17) is 9.84 Å². The second-order valence-electron chi connectivity index (χ2n) is 4.17. The second-order valence-corrected chi connectivity index (χ2v) is 4.96. The van der Waals surface area contributed by atoms with E-state index in [2.05, 4.69) is 21.2 Å². The van der Waals surface area contributed by atoms with Crippen molar-refractivity contribution in [1.82, 2.24) is 0 Å². The predicted molar refractivity (Wildman–Crippen MR) is 81.0 cm³/mol. The first kappa shape index (κ1) is 17.2. The van der Waals surface area contributed by atoms with Gasteiger partial charge in [0.1, 0.15) is 0 Å². The topological polar surface area (TPSA) is 92.7 Å². The third-order valence-corrected chi connectivity index (χ3v) is 3.07. The van der Waals surface area contributed by atoms with Gasteiger partial charge in [0, 0.05) is 17.4 Å². The summed E-state index contributed by atoms with van der Waals surface area (Å²) in [6, 6.07) is 3.92. The highest BCUT2D eigenvalue weighted by molar-refractivity contribution is 9.09. The average molecular weight is 358 g/mol. The van der Waals surface area contributed by atoms with E-state index >= 15 is 0 Å². The van der Waals surface area contributed by atoms with E-state index in [0.717, 1.165) is 0 Å². The van der Waals surface area contributed by atoms with Crippen LogP contribution in [-0.4, -0.2) is 34.9 Å². The van der Waals surface area contributed by atoms with Crippen LogP contribution in [0.4, 0.5) is 5.69 Å². The molecular formula is C14H16BrNO5. The fourth-order valence-electron chi connectivity index (χ4n) is 1.61. The van der Waals surface area contributed by atoms with Gasteiger partial charge in [0.05, 0.1) is 17.7 Å². The quantitative estimate of drug-likeness (QED) is 0.578. The van der Waals surface area contributed by atoms with Gasteiger partial charge < -0.3 is 15.2 Å². The lowest BCUT2D eigenvalue weighted by molar-refractivity contribution is -0.116. The Hall–Kier alpha value is -1.89. The summed E-state index contributed by atoms with van der Waals surface area (Å²) in [5, 5.41) is 12.3. The Morgan fingerprint density at radius 2 is 1.90 bits per heavy atom. The number of hydrogen-bond acceptors (Lipinski definition) is 4. The van der Waals surface area contributed by atoms with Crippen LogP contribution >= 0.6 is 15.9 Å². The average Bonchev–Trinajstić information content (AvgIpc) is 2.45. The van der Waals surface area contributed by atoms with Crippen LogP contribution in [0.1, 0.15) is 40.5 Å². The fraction of sp³-hybridized carbons (Fsp3) is 0.357. The molecular weight excluding hydrogens is 342 g/mol. The number of carbonyl (C=O) groups is 3. The van der Waals surface area contributed by atoms with Crippen molar-refractivity contribution < 1.29 is 24.2 Å². The van der Waals surface area contributed by atoms with Gasteiger partial charge in [-0.15, -0.1) is 0 Å². The molecule has 0 aliphatic carbocycles. The Bertz CT molecular complexity index is 544. The van der Waals surface area contributed by atoms with E-state index < -0.39 is 11.9 Å². The largest absolute Gasteiger partial charge is 0.478 e. The molecule has 0 aliphatic heterocycles. The number of esters is 1. The predicted octanol–water partition coefficient (Wildman–Crippen LogP) is 2.68. The zero-order valence-electron chi connectivity index (χ0n) is 11.5. The van der Waals surface area contributed by atoms with Crippen molar-refractivity contribution in [3.63, 3.8) is 0 Å². The second kappa shape index (κ2) is 8.41. The zero-order chi connectivity index (χ0) is 15.8. The lowest BCUT2D eigenvalue weighted by Crippen LogP contribution is -2.14. The number of ether oxygens (including phenoxy) is 1. The molecule has 0 fully saturated rings. The van der Waals surface area contributed by atoms with E-state index in [1.807, 2.05) is 0 Å². The number of hydrogen-bond donors (Lipinski definition) is 2. The number of anilines is 1. The number of rotatable bonds is 7. The summed E-state index contributed by atoms with van der Waals surface area (Å²) in [5.41, 5.74) is 0.265. The first-order chi connectivity index (χ1) is 9.97. The highest BCUT2D eigenvalue weighted by Gasteiger charge is 2.14. The number of aromatic carboxylic acids is 1. The van der Waals surface area contributed by atoms with Crippen LogP contribution < -0.4 is 5.32 Å². The van der Waals surface area contributed by atoms with Crippen LogP contribution in [0.15, 0.2) is 18.2 Å². The van der Waals surface area contributed by atoms with Gasteiger partial charge in [0.25, 0.3) is 0 Å². The summed E-state index contributed by atoms with van der Waals surface area (Å²) in [7, 11) is 0. The van der Waals surface area contributed by atoms with E-state index in [1.165, 1.54) is 18.2 Å². The minimum atomic E-state index is -1.18. The van der Waals surface area contributed by atoms with Gasteiger partial charge in [-0.1, -0.05) is 15.9 Å². The molecule has 0 bridgehead atoms. The number of nitrogens with one attached hydrogen (secondary N) is 1. The number of carboxylic acids is 1. The van der Waals surface area contributed by atoms with E-state index in [1.54, 1.807) is 6.92 Å². The zero-order valence-corrected chi connectivity index (χ0v) is 13.1. The highest BCUT2D eigenvalue weighted by Crippen LogP contribution is 2.17. The van der Waals surface area contributed by atoms with Crippen molar-refractivity contribution in [3.8, 4) is 0 Å². The Kier molecular flexibility index (Phi) is 6.87. The smallest absolute Gasteiger partial charge is 0.338 e. The van der Waals surface area contributed by atoms with Crippen LogP contribution in [0.3, 0.4) is 0 Å². The number of halogens is 1. The van der Waals surface area contributed by atoms with Crippen molar-refractivity contribution >= 4 is 39.5 Å². The normalized spacial score (nSPS) is 10.0. The minimum Gasteiger partial charge on any atom is -0.478 e. The van der Waals surface area contributed by atoms with Gasteiger partial charge in [-0.3, -0.25) is 4.79 Å². The van der Waals surface area contributed by atoms with Crippen molar-refractivity contribution in [2.75, 3.05) is 17.3 Å². The van der Waals surface area contributed by atoms with Crippen molar-refractivity contribution in [1.29, 1.82) is 0 Å². The summed E-state index contributed by atoms with van der Waals surface area (Å²) in [5.74, 6) is -2.06. The summed E-state index contributed by atoms with van der Waals surface area (Å²) in [4.78, 5) is 34.4. The summed E-state index contributed by atoms with van der Waals surface area (Å²) in [6.45, 7) is 1.84. The van der Waals surface area contributed by atoms with E-state index in [9.17, 15) is 14.4 Å². The molecule has 0 heterocycles. The maximum absolute atomic E-state index is 11.7. The summed E-state index contributed by atoms with van der Waals surface area (Å²) >= 11 is 3.22. The molecule has 114 valence electrons. The molecule has 6 nitrogen and oxygen atoms in total. The minimum absolute atomic E-state index is 0.0867. The van der Waals surface area contributed by atoms with Gasteiger partial charge in [-0.05, 0) is 31.5 Å². The molecule has 1 aromatic rings. The van der Waals surface area contributed by atoms with Crippen LogP contribution in [0.5, 0.6) is 0 Å². The maximum Gasteiger partial charge on any atom is 0.338 e. The number of benzene rings is 1. The third-order valence-electron chi connectivity index (χ3n) is 2.51. The molecule has 0 saturated heterocycles. The Morgan fingerprint density at radius 1 is 1.24 bits per heavy atom. The molecule has 1 rings (SSSR count). The number of amides is 1. The third kappa shape index (κ3) is 5.55. The first-order valence-corrected chi connectivity index (χ1v) is 7.51. The lowest BCUT2D eigenvalue weighted by atomic mass is 10.1. The molecule has 0 spiro atoms. The van der Waals surface area contributed by atoms with Crippen LogP contribution in [0.2, 0.25) is 0 Å². The Labute approximate surface area is 130 Å². The van der Waals surface area contributed by atoms with Crippen molar-refractivity contribution in [2.45, 2.75) is 19.8 Å². The molecule has 7 heteroatoms. The van der Waals surface area contributed by atoms with E-state index in [-0.39, 0.29) is 29.3 Å². The SMILES string of the molecule is CCOC(=O)c1cc(NC(=O)CCCBr)cc(C(=O)O)c1. The molecule has 1 amide bonds. The van der Waals surface area contributed by atoms with Gasteiger partial charge in [-0.25, -0.2) is 9.59 Å². The number of alkyl halides is 1.